The molecule has 1 rings (SSSR count). The lowest BCUT2D eigenvalue weighted by Gasteiger charge is -2.00. The highest BCUT2D eigenvalue weighted by molar-refractivity contribution is 7.13. The molecular weight excluding hydrogens is 240 g/mol. The molecule has 16 heavy (non-hydrogen) atoms. The van der Waals surface area contributed by atoms with Gasteiger partial charge in [-0.1, -0.05) is 11.3 Å². The van der Waals surface area contributed by atoms with Crippen LogP contribution in [0.4, 0.5) is 5.00 Å². The van der Waals surface area contributed by atoms with E-state index >= 15 is 0 Å². The van der Waals surface area contributed by atoms with E-state index in [2.05, 4.69) is 4.84 Å². The zero-order valence-electron chi connectivity index (χ0n) is 7.71. The third kappa shape index (κ3) is 3.29. The summed E-state index contributed by atoms with van der Waals surface area (Å²) < 4.78 is 0. The number of hydroxylamine groups is 1. The Hall–Kier alpha value is -2.00. The van der Waals surface area contributed by atoms with Gasteiger partial charge in [-0.05, 0) is 0 Å². The van der Waals surface area contributed by atoms with E-state index < -0.39 is 23.4 Å². The van der Waals surface area contributed by atoms with Crippen molar-refractivity contribution >= 4 is 28.2 Å². The molecule has 0 aliphatic carbocycles. The van der Waals surface area contributed by atoms with Crippen molar-refractivity contribution in [3.8, 4) is 0 Å². The van der Waals surface area contributed by atoms with Gasteiger partial charge in [0.1, 0.15) is 0 Å². The van der Waals surface area contributed by atoms with Crippen LogP contribution in [0.5, 0.6) is 0 Å². The standard InChI is InChI=1S/C7H6N2O6S/c10-6(11)2-15-8-7(12)4-1-5(9(13)14)16-3-4/h1,3H,2H2,(H,8,12)(H,10,11). The maximum atomic E-state index is 11.2. The first kappa shape index (κ1) is 12.1. The van der Waals surface area contributed by atoms with E-state index in [1.807, 2.05) is 5.48 Å². The van der Waals surface area contributed by atoms with Crippen molar-refractivity contribution in [3.63, 3.8) is 0 Å². The van der Waals surface area contributed by atoms with Gasteiger partial charge in [-0.25, -0.2) is 10.3 Å². The molecule has 86 valence electrons. The van der Waals surface area contributed by atoms with Crippen molar-refractivity contribution in [3.05, 3.63) is 27.1 Å². The topological polar surface area (TPSA) is 119 Å². The molecule has 1 aromatic heterocycles. The molecule has 0 aliphatic heterocycles. The van der Waals surface area contributed by atoms with Gasteiger partial charge in [0, 0.05) is 11.4 Å². The van der Waals surface area contributed by atoms with E-state index in [1.54, 1.807) is 0 Å². The number of carboxylic acids is 1. The molecule has 0 bridgehead atoms. The second-order valence-electron chi connectivity index (χ2n) is 2.54. The number of hydrogen-bond acceptors (Lipinski definition) is 6. The molecule has 0 unspecified atom stereocenters. The lowest BCUT2D eigenvalue weighted by atomic mass is 10.3. The molecule has 0 spiro atoms. The quantitative estimate of drug-likeness (QED) is 0.573. The first-order chi connectivity index (χ1) is 7.50. The van der Waals surface area contributed by atoms with Gasteiger partial charge in [-0.2, -0.15) is 0 Å². The zero-order valence-corrected chi connectivity index (χ0v) is 8.52. The predicted octanol–water partition coefficient (Wildman–Crippen LogP) is 0.402. The molecule has 0 fully saturated rings. The summed E-state index contributed by atoms with van der Waals surface area (Å²) in [6, 6.07) is 1.07. The van der Waals surface area contributed by atoms with Gasteiger partial charge in [0.25, 0.3) is 5.91 Å². The summed E-state index contributed by atoms with van der Waals surface area (Å²) in [6.45, 7) is -0.683. The Morgan fingerprint density at radius 3 is 2.81 bits per heavy atom. The van der Waals surface area contributed by atoms with Crippen molar-refractivity contribution in [2.45, 2.75) is 0 Å². The van der Waals surface area contributed by atoms with E-state index in [4.69, 9.17) is 5.11 Å². The minimum Gasteiger partial charge on any atom is -0.479 e. The van der Waals surface area contributed by atoms with Gasteiger partial charge in [-0.3, -0.25) is 19.7 Å². The van der Waals surface area contributed by atoms with Crippen LogP contribution < -0.4 is 5.48 Å². The van der Waals surface area contributed by atoms with E-state index in [0.717, 1.165) is 17.4 Å². The second-order valence-corrected chi connectivity index (χ2v) is 3.43. The van der Waals surface area contributed by atoms with Crippen LogP contribution in [-0.2, 0) is 9.63 Å². The van der Waals surface area contributed by atoms with Gasteiger partial charge < -0.3 is 5.11 Å². The summed E-state index contributed by atoms with van der Waals surface area (Å²) in [5.41, 5.74) is 1.89. The number of hydrogen-bond donors (Lipinski definition) is 2. The van der Waals surface area contributed by atoms with Gasteiger partial charge >= 0.3 is 11.0 Å². The lowest BCUT2D eigenvalue weighted by molar-refractivity contribution is -0.380. The van der Waals surface area contributed by atoms with Gasteiger partial charge in [-0.15, -0.1) is 0 Å². The first-order valence-electron chi connectivity index (χ1n) is 3.87. The maximum Gasteiger partial charge on any atom is 0.332 e. The fraction of sp³-hybridized carbons (Fsp3) is 0.143. The Balaban J connectivity index is 2.53. The Labute approximate surface area is 92.6 Å². The number of nitrogens with zero attached hydrogens (tertiary/aromatic N) is 1. The number of aliphatic carboxylic acids is 1. The molecule has 0 atom stereocenters. The number of nitro groups is 1. The van der Waals surface area contributed by atoms with E-state index in [1.165, 1.54) is 5.38 Å². The molecule has 2 N–H and O–H groups in total. The Bertz CT molecular complexity index is 428. The highest BCUT2D eigenvalue weighted by atomic mass is 32.1. The Morgan fingerprint density at radius 2 is 2.31 bits per heavy atom. The average molecular weight is 246 g/mol. The molecule has 1 heterocycles. The number of carbonyl (C=O) groups is 2. The van der Waals surface area contributed by atoms with Gasteiger partial charge in [0.05, 0.1) is 10.5 Å². The minimum atomic E-state index is -1.24. The van der Waals surface area contributed by atoms with Crippen molar-refractivity contribution in [1.82, 2.24) is 5.48 Å². The third-order valence-corrected chi connectivity index (χ3v) is 2.27. The second kappa shape index (κ2) is 5.19. The molecular formula is C7H6N2O6S. The summed E-state index contributed by atoms with van der Waals surface area (Å²) >= 11 is 0.794. The molecule has 0 aliphatic rings. The van der Waals surface area contributed by atoms with Crippen molar-refractivity contribution in [1.29, 1.82) is 0 Å². The van der Waals surface area contributed by atoms with Crippen LogP contribution in [0.15, 0.2) is 11.4 Å². The van der Waals surface area contributed by atoms with E-state index in [9.17, 15) is 19.7 Å². The smallest absolute Gasteiger partial charge is 0.332 e. The van der Waals surface area contributed by atoms with E-state index in [0.29, 0.717) is 0 Å². The van der Waals surface area contributed by atoms with Crippen LogP contribution in [0.2, 0.25) is 0 Å². The molecule has 0 radical (unpaired) electrons. The number of amides is 1. The molecule has 8 nitrogen and oxygen atoms in total. The Morgan fingerprint density at radius 1 is 1.62 bits per heavy atom. The summed E-state index contributed by atoms with van der Waals surface area (Å²) in [6.07, 6.45) is 0. The zero-order chi connectivity index (χ0) is 12.1. The molecule has 9 heteroatoms. The van der Waals surface area contributed by atoms with Crippen molar-refractivity contribution in [2.24, 2.45) is 0 Å². The summed E-state index contributed by atoms with van der Waals surface area (Å²) in [4.78, 5) is 35.3. The van der Waals surface area contributed by atoms with Crippen LogP contribution in [0.1, 0.15) is 10.4 Å². The highest BCUT2D eigenvalue weighted by Crippen LogP contribution is 2.22. The first-order valence-corrected chi connectivity index (χ1v) is 4.75. The largest absolute Gasteiger partial charge is 0.479 e. The number of nitrogens with one attached hydrogen (secondary N) is 1. The van der Waals surface area contributed by atoms with E-state index in [-0.39, 0.29) is 10.6 Å². The van der Waals surface area contributed by atoms with Crippen LogP contribution >= 0.6 is 11.3 Å². The number of thiophene rings is 1. The minimum absolute atomic E-state index is 0.0436. The van der Waals surface area contributed by atoms with Crippen LogP contribution in [0, 0.1) is 10.1 Å². The summed E-state index contributed by atoms with van der Waals surface area (Å²) in [5.74, 6) is -1.97. The number of carbonyl (C=O) groups excluding carboxylic acids is 1. The van der Waals surface area contributed by atoms with Crippen LogP contribution in [0.25, 0.3) is 0 Å². The molecule has 0 aromatic carbocycles. The molecule has 1 amide bonds. The Kier molecular flexibility index (Phi) is 3.91. The monoisotopic (exact) mass is 246 g/mol. The number of rotatable bonds is 5. The molecule has 0 saturated heterocycles. The lowest BCUT2D eigenvalue weighted by Crippen LogP contribution is -2.26. The predicted molar refractivity (Wildman–Crippen MR) is 52.0 cm³/mol. The number of carboxylic acid groups (broad SMARTS) is 1. The fourth-order valence-corrected chi connectivity index (χ4v) is 1.47. The van der Waals surface area contributed by atoms with Crippen molar-refractivity contribution in [2.75, 3.05) is 6.61 Å². The van der Waals surface area contributed by atoms with Crippen molar-refractivity contribution < 1.29 is 24.5 Å². The van der Waals surface area contributed by atoms with Gasteiger partial charge in [0.15, 0.2) is 6.61 Å². The molecule has 0 saturated carbocycles. The summed E-state index contributed by atoms with van der Waals surface area (Å²) in [5, 5.41) is 19.6. The molecule has 1 aromatic rings. The fourth-order valence-electron chi connectivity index (χ4n) is 0.762. The van der Waals surface area contributed by atoms with Gasteiger partial charge in [0.2, 0.25) is 0 Å². The summed E-state index contributed by atoms with van der Waals surface area (Å²) in [7, 11) is 0. The maximum absolute atomic E-state index is 11.2. The third-order valence-electron chi connectivity index (χ3n) is 1.39. The normalized spacial score (nSPS) is 9.75. The SMILES string of the molecule is O=C(O)CONC(=O)c1csc([N+](=O)[O-])c1. The van der Waals surface area contributed by atoms with Crippen LogP contribution in [0.3, 0.4) is 0 Å². The van der Waals surface area contributed by atoms with Crippen LogP contribution in [-0.4, -0.2) is 28.5 Å². The average Bonchev–Trinajstić information content (AvgIpc) is 2.65. The highest BCUT2D eigenvalue weighted by Gasteiger charge is 2.15.